The maximum Gasteiger partial charge on any atom is 0.133 e. The van der Waals surface area contributed by atoms with Crippen molar-refractivity contribution < 1.29 is 42.6 Å². The number of aliphatic hydroxyl groups excluding tert-OH is 1. The zero-order valence-corrected chi connectivity index (χ0v) is 18.5. The summed E-state index contributed by atoms with van der Waals surface area (Å²) in [5.74, 6) is 1.16. The Labute approximate surface area is 183 Å². The molecule has 1 aliphatic rings. The minimum Gasteiger partial charge on any atom is -0.493 e. The van der Waals surface area contributed by atoms with Gasteiger partial charge in [0.15, 0.2) is 0 Å². The maximum absolute atomic E-state index is 9.20. The first-order valence-electron chi connectivity index (χ1n) is 8.28. The van der Waals surface area contributed by atoms with Crippen LogP contribution >= 0.6 is 22.9 Å². The molecular weight excluding hydrogens is 431 g/mol. The van der Waals surface area contributed by atoms with Gasteiger partial charge in [-0.3, -0.25) is 0 Å². The summed E-state index contributed by atoms with van der Waals surface area (Å²) in [7, 11) is 0. The first-order chi connectivity index (χ1) is 11.7. The predicted molar refractivity (Wildman–Crippen MR) is 97.6 cm³/mol. The Bertz CT molecular complexity index is 691. The number of rotatable bonds is 8. The zero-order valence-electron chi connectivity index (χ0n) is 14.1. The van der Waals surface area contributed by atoms with E-state index in [-0.39, 0.29) is 39.3 Å². The molecule has 6 heteroatoms. The van der Waals surface area contributed by atoms with E-state index >= 15 is 0 Å². The van der Waals surface area contributed by atoms with E-state index in [0.29, 0.717) is 29.1 Å². The van der Waals surface area contributed by atoms with E-state index in [1.165, 1.54) is 16.9 Å². The molecule has 1 radical (unpaired) electrons. The number of aromatic nitrogens is 1. The molecule has 2 aromatic heterocycles. The predicted octanol–water partition coefficient (Wildman–Crippen LogP) is 4.82. The van der Waals surface area contributed by atoms with Gasteiger partial charge in [-0.15, -0.1) is 10.3 Å². The summed E-state index contributed by atoms with van der Waals surface area (Å²) in [4.78, 5) is 5.44. The number of aryl methyl sites for hydroxylation is 1. The van der Waals surface area contributed by atoms with E-state index in [1.54, 1.807) is 23.5 Å². The van der Waals surface area contributed by atoms with Gasteiger partial charge in [-0.25, -0.2) is 11.1 Å². The molecule has 0 saturated carbocycles. The molecule has 2 heterocycles. The fourth-order valence-electron chi connectivity index (χ4n) is 3.08. The van der Waals surface area contributed by atoms with Crippen LogP contribution < -0.4 is 4.74 Å². The van der Waals surface area contributed by atoms with Crippen LogP contribution in [0, 0.1) is 11.3 Å². The van der Waals surface area contributed by atoms with Gasteiger partial charge in [0.2, 0.25) is 0 Å². The van der Waals surface area contributed by atoms with Crippen LogP contribution in [0.3, 0.4) is 0 Å². The van der Waals surface area contributed by atoms with Gasteiger partial charge in [-0.2, -0.15) is 6.07 Å². The molecule has 0 unspecified atom stereocenters. The number of pyridine rings is 1. The molecule has 0 bridgehead atoms. The Morgan fingerprint density at radius 3 is 3.00 bits per heavy atom. The molecule has 3 nitrogen and oxygen atoms in total. The van der Waals surface area contributed by atoms with Gasteiger partial charge in [-0.05, 0) is 19.3 Å². The number of hydrogen-bond acceptors (Lipinski definition) is 4. The number of allylic oxidation sites excluding steroid dienone is 1. The number of thiophene rings is 1. The minimum absolute atomic E-state index is 0. The topological polar surface area (TPSA) is 42.4 Å². The Hall–Kier alpha value is -0.256. The van der Waals surface area contributed by atoms with E-state index in [1.807, 2.05) is 6.07 Å². The van der Waals surface area contributed by atoms with E-state index in [0.717, 1.165) is 25.7 Å². The summed E-state index contributed by atoms with van der Waals surface area (Å²) in [6.45, 7) is 0.523. The van der Waals surface area contributed by atoms with Crippen LogP contribution in [-0.2, 0) is 45.7 Å². The number of halogens is 1. The molecule has 0 saturated heterocycles. The number of ether oxygens (including phenoxy) is 1. The van der Waals surface area contributed by atoms with Gasteiger partial charge in [0.1, 0.15) is 10.9 Å². The van der Waals surface area contributed by atoms with Crippen molar-refractivity contribution >= 4 is 22.9 Å². The minimum atomic E-state index is -0.133. The molecule has 0 fully saturated rings. The van der Waals surface area contributed by atoms with Crippen LogP contribution in [0.4, 0.5) is 0 Å². The second kappa shape index (κ2) is 10.8. The number of hydrogen-bond donors (Lipinski definition) is 1. The Kier molecular flexibility index (Phi) is 9.08. The van der Waals surface area contributed by atoms with Crippen LogP contribution in [0.2, 0.25) is 5.15 Å². The van der Waals surface area contributed by atoms with Gasteiger partial charge in [0, 0.05) is 50.8 Å². The van der Waals surface area contributed by atoms with Gasteiger partial charge in [-0.1, -0.05) is 36.1 Å². The second-order valence-corrected chi connectivity index (χ2v) is 7.36. The normalized spacial score (nSPS) is 16.4. The molecule has 1 atom stereocenters. The maximum atomic E-state index is 9.20. The summed E-state index contributed by atoms with van der Waals surface area (Å²) in [6, 6.07) is 7.59. The Morgan fingerprint density at radius 2 is 2.24 bits per heavy atom. The van der Waals surface area contributed by atoms with Crippen molar-refractivity contribution in [3.05, 3.63) is 57.0 Å². The quantitative estimate of drug-likeness (QED) is 0.355. The molecule has 25 heavy (non-hydrogen) atoms. The average Bonchev–Trinajstić information content (AvgIpc) is 3.24. The van der Waals surface area contributed by atoms with E-state index in [2.05, 4.69) is 22.5 Å². The first-order valence-corrected chi connectivity index (χ1v) is 9.48. The summed E-state index contributed by atoms with van der Waals surface area (Å²) in [5.41, 5.74) is 2.05. The Morgan fingerprint density at radius 1 is 1.36 bits per heavy atom. The van der Waals surface area contributed by atoms with Crippen LogP contribution in [0.25, 0.3) is 0 Å². The molecule has 0 aromatic carbocycles. The SMILES string of the molecule is OCc1cc(OC[C@H]2CCC=C2CCCc2cc[c-]s2)cc(Cl)n1.[Y]. The fraction of sp³-hybridized carbons (Fsp3) is 0.421. The van der Waals surface area contributed by atoms with Crippen molar-refractivity contribution in [2.24, 2.45) is 5.92 Å². The molecule has 2 aromatic rings. The number of nitrogens with zero attached hydrogens (tertiary/aromatic N) is 1. The van der Waals surface area contributed by atoms with E-state index in [4.69, 9.17) is 16.3 Å². The van der Waals surface area contributed by atoms with Crippen molar-refractivity contribution in [2.45, 2.75) is 38.7 Å². The van der Waals surface area contributed by atoms with Crippen molar-refractivity contribution in [3.63, 3.8) is 0 Å². The zero-order chi connectivity index (χ0) is 16.8. The molecular formula is C19H21ClNO2SY-. The summed E-state index contributed by atoms with van der Waals surface area (Å²) in [6.07, 6.45) is 8.08. The fourth-order valence-corrected chi connectivity index (χ4v) is 3.96. The van der Waals surface area contributed by atoms with Crippen LogP contribution in [-0.4, -0.2) is 16.7 Å². The third kappa shape index (κ3) is 6.44. The van der Waals surface area contributed by atoms with Crippen LogP contribution in [0.15, 0.2) is 35.9 Å². The van der Waals surface area contributed by atoms with Gasteiger partial charge in [0.25, 0.3) is 0 Å². The third-order valence-corrected chi connectivity index (χ3v) is 5.35. The van der Waals surface area contributed by atoms with Gasteiger partial charge < -0.3 is 21.2 Å². The molecule has 3 rings (SSSR count). The molecule has 1 aliphatic carbocycles. The molecule has 131 valence electrons. The molecule has 0 amide bonds. The summed E-state index contributed by atoms with van der Waals surface area (Å²) in [5, 5.41) is 12.7. The van der Waals surface area contributed by atoms with Gasteiger partial charge in [0.05, 0.1) is 18.9 Å². The monoisotopic (exact) mass is 451 g/mol. The summed E-state index contributed by atoms with van der Waals surface area (Å²) >= 11 is 7.67. The molecule has 0 aliphatic heterocycles. The largest absolute Gasteiger partial charge is 0.493 e. The van der Waals surface area contributed by atoms with E-state index in [9.17, 15) is 5.11 Å². The molecule has 0 spiro atoms. The Balaban J connectivity index is 0.00000225. The first kappa shape index (κ1) is 21.0. The summed E-state index contributed by atoms with van der Waals surface area (Å²) < 4.78 is 5.92. The van der Waals surface area contributed by atoms with Crippen LogP contribution in [0.5, 0.6) is 5.75 Å². The average molecular weight is 452 g/mol. The van der Waals surface area contributed by atoms with Crippen molar-refractivity contribution in [3.8, 4) is 5.75 Å². The van der Waals surface area contributed by atoms with Crippen molar-refractivity contribution in [2.75, 3.05) is 6.61 Å². The van der Waals surface area contributed by atoms with Crippen molar-refractivity contribution in [1.82, 2.24) is 4.98 Å². The third-order valence-electron chi connectivity index (χ3n) is 4.30. The standard InChI is InChI=1S/C19H21ClNO2S.Y/c20-19-11-17(10-16(12-22)21-19)23-13-15-6-1-4-14(15)5-2-7-18-8-3-9-24-18;/h3-4,8,10-11,15,22H,1-2,5-7,12-13H2;/q-1;/t15-;/m1./s1. The smallest absolute Gasteiger partial charge is 0.133 e. The number of aliphatic hydroxyl groups is 1. The van der Waals surface area contributed by atoms with E-state index < -0.39 is 0 Å². The van der Waals surface area contributed by atoms with Gasteiger partial charge >= 0.3 is 0 Å². The van der Waals surface area contributed by atoms with Crippen LogP contribution in [0.1, 0.15) is 36.3 Å². The second-order valence-electron chi connectivity index (χ2n) is 6.01. The van der Waals surface area contributed by atoms with Crippen molar-refractivity contribution in [1.29, 1.82) is 0 Å². The molecule has 1 N–H and O–H groups in total.